The molecule has 6 heteroatoms. The van der Waals surface area contributed by atoms with E-state index in [1.165, 1.54) is 23.5 Å². The summed E-state index contributed by atoms with van der Waals surface area (Å²) in [6.07, 6.45) is 0. The molecular formula is C15H10ClFN2OS. The normalized spacial score (nSPS) is 10.8. The monoisotopic (exact) mass is 320 g/mol. The molecule has 0 amide bonds. The van der Waals surface area contributed by atoms with Crippen molar-refractivity contribution < 1.29 is 9.18 Å². The smallest absolute Gasteiger partial charge is 0.184 e. The van der Waals surface area contributed by atoms with Gasteiger partial charge in [-0.05, 0) is 42.5 Å². The van der Waals surface area contributed by atoms with E-state index < -0.39 is 0 Å². The van der Waals surface area contributed by atoms with Gasteiger partial charge in [-0.15, -0.1) is 0 Å². The Balaban J connectivity index is 1.71. The standard InChI is InChI=1S/C15H10ClFN2OS/c16-10-3-1-9(2-4-10)13(20)8-18-15-19-12-6-5-11(17)7-14(12)21-15/h1-7H,8H2,(H,18,19). The lowest BCUT2D eigenvalue weighted by Gasteiger charge is -2.02. The van der Waals surface area contributed by atoms with E-state index in [0.717, 1.165) is 4.70 Å². The number of thiazole rings is 1. The summed E-state index contributed by atoms with van der Waals surface area (Å²) >= 11 is 7.10. The van der Waals surface area contributed by atoms with Crippen LogP contribution in [0.25, 0.3) is 10.2 Å². The molecule has 0 aliphatic rings. The number of aromatic nitrogens is 1. The van der Waals surface area contributed by atoms with Gasteiger partial charge in [0.2, 0.25) is 0 Å². The number of anilines is 1. The van der Waals surface area contributed by atoms with Gasteiger partial charge >= 0.3 is 0 Å². The molecule has 3 rings (SSSR count). The summed E-state index contributed by atoms with van der Waals surface area (Å²) in [5.41, 5.74) is 1.29. The second-order valence-electron chi connectivity index (χ2n) is 4.41. The van der Waals surface area contributed by atoms with Crippen molar-refractivity contribution in [3.8, 4) is 0 Å². The maximum absolute atomic E-state index is 13.1. The minimum Gasteiger partial charge on any atom is -0.354 e. The van der Waals surface area contributed by atoms with Crippen molar-refractivity contribution in [3.05, 3.63) is 58.9 Å². The van der Waals surface area contributed by atoms with Crippen LogP contribution in [0, 0.1) is 5.82 Å². The molecule has 1 aromatic heterocycles. The molecule has 0 atom stereocenters. The zero-order valence-electron chi connectivity index (χ0n) is 10.8. The average molecular weight is 321 g/mol. The number of fused-ring (bicyclic) bond motifs is 1. The number of rotatable bonds is 4. The van der Waals surface area contributed by atoms with Crippen molar-refractivity contribution in [2.45, 2.75) is 0 Å². The number of nitrogens with one attached hydrogen (secondary N) is 1. The molecular weight excluding hydrogens is 311 g/mol. The lowest BCUT2D eigenvalue weighted by Crippen LogP contribution is -2.13. The Morgan fingerprint density at radius 2 is 2.00 bits per heavy atom. The molecule has 0 radical (unpaired) electrons. The van der Waals surface area contributed by atoms with Crippen molar-refractivity contribution in [2.75, 3.05) is 11.9 Å². The van der Waals surface area contributed by atoms with Gasteiger partial charge in [0.05, 0.1) is 16.8 Å². The molecule has 2 aromatic carbocycles. The lowest BCUT2D eigenvalue weighted by molar-refractivity contribution is 0.101. The highest BCUT2D eigenvalue weighted by Crippen LogP contribution is 2.26. The molecule has 1 heterocycles. The third-order valence-electron chi connectivity index (χ3n) is 2.92. The van der Waals surface area contributed by atoms with Gasteiger partial charge in [0.15, 0.2) is 10.9 Å². The van der Waals surface area contributed by atoms with Crippen LogP contribution < -0.4 is 5.32 Å². The third kappa shape index (κ3) is 3.20. The molecule has 3 aromatic rings. The van der Waals surface area contributed by atoms with Crippen LogP contribution in [0.5, 0.6) is 0 Å². The number of halogens is 2. The predicted molar refractivity (Wildman–Crippen MR) is 83.9 cm³/mol. The quantitative estimate of drug-likeness (QED) is 0.725. The zero-order chi connectivity index (χ0) is 14.8. The van der Waals surface area contributed by atoms with E-state index in [1.54, 1.807) is 30.3 Å². The highest BCUT2D eigenvalue weighted by molar-refractivity contribution is 7.22. The highest BCUT2D eigenvalue weighted by atomic mass is 35.5. The van der Waals surface area contributed by atoms with E-state index in [-0.39, 0.29) is 18.1 Å². The van der Waals surface area contributed by atoms with Gasteiger partial charge in [-0.3, -0.25) is 4.79 Å². The van der Waals surface area contributed by atoms with Crippen molar-refractivity contribution in [1.29, 1.82) is 0 Å². The summed E-state index contributed by atoms with van der Waals surface area (Å²) in [5, 5.41) is 4.15. The highest BCUT2D eigenvalue weighted by Gasteiger charge is 2.08. The Morgan fingerprint density at radius 1 is 1.24 bits per heavy atom. The third-order valence-corrected chi connectivity index (χ3v) is 4.14. The van der Waals surface area contributed by atoms with Crippen molar-refractivity contribution in [2.24, 2.45) is 0 Å². The van der Waals surface area contributed by atoms with Gasteiger partial charge in [0, 0.05) is 10.6 Å². The summed E-state index contributed by atoms with van der Waals surface area (Å²) in [4.78, 5) is 16.3. The topological polar surface area (TPSA) is 42.0 Å². The van der Waals surface area contributed by atoms with Crippen LogP contribution in [-0.4, -0.2) is 17.3 Å². The minimum absolute atomic E-state index is 0.0582. The number of carbonyl (C=O) groups excluding carboxylic acids is 1. The number of benzene rings is 2. The summed E-state index contributed by atoms with van der Waals surface area (Å²) in [7, 11) is 0. The number of carbonyl (C=O) groups is 1. The molecule has 0 saturated carbocycles. The Kier molecular flexibility index (Phi) is 3.86. The summed E-state index contributed by atoms with van der Waals surface area (Å²) < 4.78 is 13.9. The molecule has 1 N–H and O–H groups in total. The molecule has 0 unspecified atom stereocenters. The molecule has 106 valence electrons. The van der Waals surface area contributed by atoms with E-state index in [1.807, 2.05) is 0 Å². The van der Waals surface area contributed by atoms with Gasteiger partial charge < -0.3 is 5.32 Å². The molecule has 3 nitrogen and oxygen atoms in total. The van der Waals surface area contributed by atoms with Gasteiger partial charge in [0.25, 0.3) is 0 Å². The fourth-order valence-corrected chi connectivity index (χ4v) is 2.88. The number of Topliss-reactive ketones (excluding diaryl/α,β-unsaturated/α-hetero) is 1. The van der Waals surface area contributed by atoms with Crippen LogP contribution in [0.15, 0.2) is 42.5 Å². The Hall–Kier alpha value is -1.98. The van der Waals surface area contributed by atoms with Crippen LogP contribution in [0.2, 0.25) is 5.02 Å². The van der Waals surface area contributed by atoms with Crippen LogP contribution in [0.1, 0.15) is 10.4 Å². The van der Waals surface area contributed by atoms with Crippen molar-refractivity contribution in [3.63, 3.8) is 0 Å². The van der Waals surface area contributed by atoms with Gasteiger partial charge in [0.1, 0.15) is 5.82 Å². The van der Waals surface area contributed by atoms with E-state index in [2.05, 4.69) is 10.3 Å². The van der Waals surface area contributed by atoms with Crippen molar-refractivity contribution in [1.82, 2.24) is 4.98 Å². The second kappa shape index (κ2) is 5.79. The lowest BCUT2D eigenvalue weighted by atomic mass is 10.1. The number of nitrogens with zero attached hydrogens (tertiary/aromatic N) is 1. The SMILES string of the molecule is O=C(CNc1nc2ccc(F)cc2s1)c1ccc(Cl)cc1. The first-order valence-electron chi connectivity index (χ1n) is 6.20. The van der Waals surface area contributed by atoms with E-state index in [0.29, 0.717) is 21.2 Å². The fourth-order valence-electron chi connectivity index (χ4n) is 1.87. The zero-order valence-corrected chi connectivity index (χ0v) is 12.3. The number of hydrogen-bond donors (Lipinski definition) is 1. The van der Waals surface area contributed by atoms with E-state index in [9.17, 15) is 9.18 Å². The Labute approximate surface area is 129 Å². The largest absolute Gasteiger partial charge is 0.354 e. The molecule has 0 saturated heterocycles. The fraction of sp³-hybridized carbons (Fsp3) is 0.0667. The second-order valence-corrected chi connectivity index (χ2v) is 5.88. The summed E-state index contributed by atoms with van der Waals surface area (Å²) in [5.74, 6) is -0.355. The van der Waals surface area contributed by atoms with Crippen LogP contribution in [0.4, 0.5) is 9.52 Å². The summed E-state index contributed by atoms with van der Waals surface area (Å²) in [6, 6.07) is 11.1. The first kappa shape index (κ1) is 14.0. The van der Waals surface area contributed by atoms with Crippen molar-refractivity contribution >= 4 is 44.1 Å². The van der Waals surface area contributed by atoms with E-state index >= 15 is 0 Å². The molecule has 0 spiro atoms. The molecule has 0 aliphatic heterocycles. The van der Waals surface area contributed by atoms with Gasteiger partial charge in [-0.25, -0.2) is 9.37 Å². The summed E-state index contributed by atoms with van der Waals surface area (Å²) in [6.45, 7) is 0.129. The predicted octanol–water partition coefficient (Wildman–Crippen LogP) is 4.38. The minimum atomic E-state index is -0.296. The Morgan fingerprint density at radius 3 is 2.76 bits per heavy atom. The number of ketones is 1. The average Bonchev–Trinajstić information content (AvgIpc) is 2.87. The number of hydrogen-bond acceptors (Lipinski definition) is 4. The molecule has 0 bridgehead atoms. The van der Waals surface area contributed by atoms with Crippen LogP contribution in [-0.2, 0) is 0 Å². The maximum Gasteiger partial charge on any atom is 0.184 e. The maximum atomic E-state index is 13.1. The first-order valence-corrected chi connectivity index (χ1v) is 7.40. The first-order chi connectivity index (χ1) is 10.1. The molecule has 0 aliphatic carbocycles. The molecule has 0 fully saturated rings. The molecule has 21 heavy (non-hydrogen) atoms. The Bertz CT molecular complexity index is 801. The van der Waals surface area contributed by atoms with Gasteiger partial charge in [-0.2, -0.15) is 0 Å². The van der Waals surface area contributed by atoms with Crippen LogP contribution >= 0.6 is 22.9 Å². The van der Waals surface area contributed by atoms with E-state index in [4.69, 9.17) is 11.6 Å². The van der Waals surface area contributed by atoms with Crippen LogP contribution in [0.3, 0.4) is 0 Å². The van der Waals surface area contributed by atoms with Gasteiger partial charge in [-0.1, -0.05) is 22.9 Å².